The number of nitrogens with zero attached hydrogens (tertiary/aromatic N) is 2. The van der Waals surface area contributed by atoms with Crippen molar-refractivity contribution in [2.24, 2.45) is 0 Å². The van der Waals surface area contributed by atoms with E-state index in [0.29, 0.717) is 5.82 Å². The Balaban J connectivity index is 1.93. The Morgan fingerprint density at radius 3 is 2.75 bits per heavy atom. The number of amides is 2. The Morgan fingerprint density at radius 1 is 1.30 bits per heavy atom. The normalized spacial score (nSPS) is 10.1. The number of anilines is 1. The minimum absolute atomic E-state index is 0.0743. The highest BCUT2D eigenvalue weighted by Crippen LogP contribution is 2.06. The number of likely N-dealkylation sites (N-methyl/N-ethyl adjacent to an activating group) is 1. The van der Waals surface area contributed by atoms with Crippen LogP contribution < -0.4 is 5.32 Å². The first-order valence-corrected chi connectivity index (χ1v) is 6.09. The number of hydrogen-bond donors (Lipinski definition) is 1. The summed E-state index contributed by atoms with van der Waals surface area (Å²) in [6.07, 6.45) is 1.41. The SMILES string of the molecule is Cc1cccc(NC(=O)CN(C)C(=O)c2ccco2)n1. The van der Waals surface area contributed by atoms with Crippen LogP contribution in [0.25, 0.3) is 0 Å². The second-order valence-electron chi connectivity index (χ2n) is 4.35. The third-order valence-corrected chi connectivity index (χ3v) is 2.62. The smallest absolute Gasteiger partial charge is 0.289 e. The van der Waals surface area contributed by atoms with E-state index >= 15 is 0 Å². The Morgan fingerprint density at radius 2 is 2.10 bits per heavy atom. The molecule has 0 atom stereocenters. The first-order valence-electron chi connectivity index (χ1n) is 6.09. The molecule has 104 valence electrons. The third-order valence-electron chi connectivity index (χ3n) is 2.62. The maximum Gasteiger partial charge on any atom is 0.289 e. The summed E-state index contributed by atoms with van der Waals surface area (Å²) >= 11 is 0. The van der Waals surface area contributed by atoms with Crippen LogP contribution >= 0.6 is 0 Å². The summed E-state index contributed by atoms with van der Waals surface area (Å²) in [5.41, 5.74) is 0.808. The summed E-state index contributed by atoms with van der Waals surface area (Å²) in [5.74, 6) is 0.00989. The summed E-state index contributed by atoms with van der Waals surface area (Å²) < 4.78 is 5.00. The molecule has 0 aliphatic carbocycles. The van der Waals surface area contributed by atoms with Crippen LogP contribution in [0, 0.1) is 6.92 Å². The van der Waals surface area contributed by atoms with Crippen molar-refractivity contribution < 1.29 is 14.0 Å². The van der Waals surface area contributed by atoms with E-state index in [1.54, 1.807) is 24.3 Å². The summed E-state index contributed by atoms with van der Waals surface area (Å²) in [6, 6.07) is 8.51. The zero-order valence-electron chi connectivity index (χ0n) is 11.3. The molecular weight excluding hydrogens is 258 g/mol. The molecular formula is C14H15N3O3. The molecule has 2 rings (SSSR count). The van der Waals surface area contributed by atoms with Crippen molar-refractivity contribution in [1.82, 2.24) is 9.88 Å². The summed E-state index contributed by atoms with van der Waals surface area (Å²) in [6.45, 7) is 1.76. The molecule has 0 fully saturated rings. The van der Waals surface area contributed by atoms with E-state index in [1.807, 2.05) is 13.0 Å². The van der Waals surface area contributed by atoms with E-state index in [1.165, 1.54) is 18.2 Å². The molecule has 0 saturated carbocycles. The fourth-order valence-corrected chi connectivity index (χ4v) is 1.67. The number of rotatable bonds is 4. The quantitative estimate of drug-likeness (QED) is 0.919. The lowest BCUT2D eigenvalue weighted by Crippen LogP contribution is -2.34. The number of nitrogens with one attached hydrogen (secondary N) is 1. The number of pyridine rings is 1. The van der Waals surface area contributed by atoms with Crippen LogP contribution in [-0.4, -0.2) is 35.3 Å². The number of carbonyl (C=O) groups is 2. The van der Waals surface area contributed by atoms with Gasteiger partial charge in [-0.1, -0.05) is 6.07 Å². The van der Waals surface area contributed by atoms with Gasteiger partial charge in [0.1, 0.15) is 12.4 Å². The standard InChI is InChI=1S/C14H15N3O3/c1-10-5-3-7-12(15-10)16-13(18)9-17(2)14(19)11-6-4-8-20-11/h3-8H,9H2,1-2H3,(H,15,16,18). The van der Waals surface area contributed by atoms with Crippen LogP contribution in [0.1, 0.15) is 16.2 Å². The van der Waals surface area contributed by atoms with Crippen molar-refractivity contribution in [3.8, 4) is 0 Å². The van der Waals surface area contributed by atoms with E-state index in [4.69, 9.17) is 4.42 Å². The number of hydrogen-bond acceptors (Lipinski definition) is 4. The monoisotopic (exact) mass is 273 g/mol. The molecule has 6 nitrogen and oxygen atoms in total. The maximum absolute atomic E-state index is 11.9. The summed E-state index contributed by atoms with van der Waals surface area (Å²) in [4.78, 5) is 29.2. The van der Waals surface area contributed by atoms with Gasteiger partial charge in [-0.05, 0) is 31.2 Å². The van der Waals surface area contributed by atoms with Gasteiger partial charge in [0.2, 0.25) is 5.91 Å². The maximum atomic E-state index is 11.9. The van der Waals surface area contributed by atoms with Gasteiger partial charge in [-0.2, -0.15) is 0 Å². The van der Waals surface area contributed by atoms with Crippen LogP contribution in [0.5, 0.6) is 0 Å². The predicted octanol–water partition coefficient (Wildman–Crippen LogP) is 1.69. The van der Waals surface area contributed by atoms with Crippen molar-refractivity contribution in [3.05, 3.63) is 48.0 Å². The first-order chi connectivity index (χ1) is 9.56. The molecule has 2 aromatic rings. The third kappa shape index (κ3) is 3.44. The van der Waals surface area contributed by atoms with Gasteiger partial charge >= 0.3 is 0 Å². The molecule has 0 radical (unpaired) electrons. The summed E-state index contributed by atoms with van der Waals surface area (Å²) in [5, 5.41) is 2.64. The largest absolute Gasteiger partial charge is 0.459 e. The molecule has 1 N–H and O–H groups in total. The molecule has 20 heavy (non-hydrogen) atoms. The molecule has 2 heterocycles. The fraction of sp³-hybridized carbons (Fsp3) is 0.214. The van der Waals surface area contributed by atoms with Crippen molar-refractivity contribution in [3.63, 3.8) is 0 Å². The molecule has 2 aromatic heterocycles. The average molecular weight is 273 g/mol. The van der Waals surface area contributed by atoms with Gasteiger partial charge in [0.05, 0.1) is 6.26 Å². The van der Waals surface area contributed by atoms with Crippen molar-refractivity contribution >= 4 is 17.6 Å². The second kappa shape index (κ2) is 6.01. The van der Waals surface area contributed by atoms with Crippen LogP contribution in [0.3, 0.4) is 0 Å². The van der Waals surface area contributed by atoms with Gasteiger partial charge in [-0.25, -0.2) is 4.98 Å². The van der Waals surface area contributed by atoms with Crippen LogP contribution in [0.4, 0.5) is 5.82 Å². The van der Waals surface area contributed by atoms with Gasteiger partial charge < -0.3 is 14.6 Å². The number of aryl methyl sites for hydroxylation is 1. The highest BCUT2D eigenvalue weighted by molar-refractivity contribution is 5.97. The minimum atomic E-state index is -0.345. The Hall–Kier alpha value is -2.63. The van der Waals surface area contributed by atoms with E-state index in [2.05, 4.69) is 10.3 Å². The molecule has 0 spiro atoms. The van der Waals surface area contributed by atoms with E-state index in [-0.39, 0.29) is 24.1 Å². The number of carbonyl (C=O) groups excluding carboxylic acids is 2. The van der Waals surface area contributed by atoms with Crippen LogP contribution in [0.15, 0.2) is 41.0 Å². The lowest BCUT2D eigenvalue weighted by Gasteiger charge is -2.15. The highest BCUT2D eigenvalue weighted by atomic mass is 16.3. The number of furan rings is 1. The van der Waals surface area contributed by atoms with E-state index < -0.39 is 0 Å². The molecule has 0 bridgehead atoms. The van der Waals surface area contributed by atoms with E-state index in [9.17, 15) is 9.59 Å². The van der Waals surface area contributed by atoms with Crippen molar-refractivity contribution in [2.45, 2.75) is 6.92 Å². The van der Waals surface area contributed by atoms with Crippen LogP contribution in [0.2, 0.25) is 0 Å². The topological polar surface area (TPSA) is 75.4 Å². The minimum Gasteiger partial charge on any atom is -0.459 e. The predicted molar refractivity (Wildman–Crippen MR) is 73.3 cm³/mol. The summed E-state index contributed by atoms with van der Waals surface area (Å²) in [7, 11) is 1.54. The first kappa shape index (κ1) is 13.8. The molecule has 0 aliphatic heterocycles. The lowest BCUT2D eigenvalue weighted by molar-refractivity contribution is -0.116. The van der Waals surface area contributed by atoms with Crippen molar-refractivity contribution in [1.29, 1.82) is 0 Å². The Bertz CT molecular complexity index is 608. The van der Waals surface area contributed by atoms with Gasteiger partial charge in [-0.15, -0.1) is 0 Å². The molecule has 2 amide bonds. The fourth-order valence-electron chi connectivity index (χ4n) is 1.67. The Kier molecular flexibility index (Phi) is 4.14. The molecule has 0 unspecified atom stereocenters. The van der Waals surface area contributed by atoms with Gasteiger partial charge in [0.25, 0.3) is 5.91 Å². The average Bonchev–Trinajstić information content (AvgIpc) is 2.91. The molecule has 0 aromatic carbocycles. The molecule has 0 saturated heterocycles. The van der Waals surface area contributed by atoms with Gasteiger partial charge in [0.15, 0.2) is 5.76 Å². The van der Waals surface area contributed by atoms with Crippen LogP contribution in [-0.2, 0) is 4.79 Å². The van der Waals surface area contributed by atoms with Gasteiger partial charge in [0, 0.05) is 12.7 Å². The number of aromatic nitrogens is 1. The highest BCUT2D eigenvalue weighted by Gasteiger charge is 2.17. The van der Waals surface area contributed by atoms with Crippen molar-refractivity contribution in [2.75, 3.05) is 18.9 Å². The van der Waals surface area contributed by atoms with E-state index in [0.717, 1.165) is 5.69 Å². The Labute approximate surface area is 116 Å². The zero-order chi connectivity index (χ0) is 14.5. The lowest BCUT2D eigenvalue weighted by atomic mass is 10.3. The second-order valence-corrected chi connectivity index (χ2v) is 4.35. The molecule has 0 aliphatic rings. The zero-order valence-corrected chi connectivity index (χ0v) is 11.3. The van der Waals surface area contributed by atoms with Gasteiger partial charge in [-0.3, -0.25) is 9.59 Å². The molecule has 6 heteroatoms.